The first-order valence-electron chi connectivity index (χ1n) is 11.3. The molecule has 0 saturated carbocycles. The number of likely N-dealkylation sites (N-methyl/N-ethyl adjacent to an activating group) is 1. The number of nitrogens with zero attached hydrogens (tertiary/aromatic N) is 1. The second kappa shape index (κ2) is 10.0. The van der Waals surface area contributed by atoms with Gasteiger partial charge >= 0.3 is 5.97 Å². The van der Waals surface area contributed by atoms with Crippen molar-refractivity contribution >= 4 is 23.7 Å². The Balaban J connectivity index is 2.25. The molecule has 3 rings (SSSR count). The summed E-state index contributed by atoms with van der Waals surface area (Å²) in [5.74, 6) is -7.32. The Morgan fingerprint density at radius 3 is 2.17 bits per heavy atom. The fourth-order valence-electron chi connectivity index (χ4n) is 4.46. The lowest BCUT2D eigenvalue weighted by molar-refractivity contribution is -0.158. The van der Waals surface area contributed by atoms with Crippen LogP contribution in [0.25, 0.3) is 0 Å². The lowest BCUT2D eigenvalue weighted by Gasteiger charge is -2.39. The third-order valence-electron chi connectivity index (χ3n) is 6.48. The van der Waals surface area contributed by atoms with Crippen LogP contribution in [0.4, 0.5) is 8.78 Å². The van der Waals surface area contributed by atoms with E-state index in [1.165, 1.54) is 6.07 Å². The van der Waals surface area contributed by atoms with Crippen LogP contribution in [0.3, 0.4) is 0 Å². The summed E-state index contributed by atoms with van der Waals surface area (Å²) in [6.07, 6.45) is 0. The number of nitrogens with two attached hydrogens (primary N) is 1. The smallest absolute Gasteiger partial charge is 0.339 e. The Kier molecular flexibility index (Phi) is 7.44. The van der Waals surface area contributed by atoms with Crippen LogP contribution in [0.5, 0.6) is 0 Å². The SMILES string of the molecule is CN[C@@H](C)C(=O)N[C@H](C(=O)N1Cc2ccccc2[C@@]1(C(=O)O)c1cc(F)c(C(N)=O)c(F)c1)C(C)C. The Morgan fingerprint density at radius 2 is 1.67 bits per heavy atom. The van der Waals surface area contributed by atoms with Gasteiger partial charge in [-0.05, 0) is 48.7 Å². The monoisotopic (exact) mass is 502 g/mol. The summed E-state index contributed by atoms with van der Waals surface area (Å²) in [4.78, 5) is 52.0. The van der Waals surface area contributed by atoms with Gasteiger partial charge in [-0.15, -0.1) is 0 Å². The van der Waals surface area contributed by atoms with E-state index in [4.69, 9.17) is 5.73 Å². The minimum atomic E-state index is -2.34. The number of hydrogen-bond acceptors (Lipinski definition) is 5. The maximum absolute atomic E-state index is 14.8. The molecule has 1 aliphatic heterocycles. The zero-order valence-corrected chi connectivity index (χ0v) is 20.3. The van der Waals surface area contributed by atoms with Crippen molar-refractivity contribution in [2.75, 3.05) is 7.05 Å². The largest absolute Gasteiger partial charge is 0.479 e. The molecule has 5 N–H and O–H groups in total. The Bertz CT molecular complexity index is 1210. The number of fused-ring (bicyclic) bond motifs is 1. The van der Waals surface area contributed by atoms with E-state index in [2.05, 4.69) is 10.6 Å². The highest BCUT2D eigenvalue weighted by Crippen LogP contribution is 2.46. The minimum absolute atomic E-state index is 0.133. The van der Waals surface area contributed by atoms with Crippen LogP contribution in [0.2, 0.25) is 0 Å². The van der Waals surface area contributed by atoms with E-state index in [1.807, 2.05) is 0 Å². The highest BCUT2D eigenvalue weighted by Gasteiger charge is 2.56. The summed E-state index contributed by atoms with van der Waals surface area (Å²) in [5.41, 5.74) is 1.89. The zero-order valence-electron chi connectivity index (χ0n) is 20.3. The summed E-state index contributed by atoms with van der Waals surface area (Å²) >= 11 is 0. The number of primary amides is 1. The normalized spacial score (nSPS) is 18.5. The topological polar surface area (TPSA) is 142 Å². The van der Waals surface area contributed by atoms with E-state index >= 15 is 0 Å². The van der Waals surface area contributed by atoms with Crippen molar-refractivity contribution in [3.63, 3.8) is 0 Å². The molecule has 2 aromatic carbocycles. The number of amides is 3. The summed E-state index contributed by atoms with van der Waals surface area (Å²) < 4.78 is 29.7. The first-order valence-corrected chi connectivity index (χ1v) is 11.3. The number of hydrogen-bond donors (Lipinski definition) is 4. The molecular weight excluding hydrogens is 474 g/mol. The number of carboxylic acids is 1. The van der Waals surface area contributed by atoms with Crippen LogP contribution < -0.4 is 16.4 Å². The van der Waals surface area contributed by atoms with E-state index < -0.39 is 70.0 Å². The van der Waals surface area contributed by atoms with Crippen LogP contribution in [0, 0.1) is 17.6 Å². The summed E-state index contributed by atoms with van der Waals surface area (Å²) in [5, 5.41) is 16.0. The van der Waals surface area contributed by atoms with Crippen LogP contribution in [0.1, 0.15) is 47.8 Å². The fourth-order valence-corrected chi connectivity index (χ4v) is 4.46. The van der Waals surface area contributed by atoms with Crippen molar-refractivity contribution in [2.45, 2.75) is 44.9 Å². The number of rotatable bonds is 8. The van der Waals surface area contributed by atoms with E-state index in [0.717, 1.165) is 4.90 Å². The number of carboxylic acid groups (broad SMARTS) is 1. The lowest BCUT2D eigenvalue weighted by atomic mass is 9.81. The molecule has 0 spiro atoms. The molecule has 3 atom stereocenters. The molecule has 0 aromatic heterocycles. The maximum Gasteiger partial charge on any atom is 0.339 e. The number of carbonyl (C=O) groups excluding carboxylic acids is 3. The van der Waals surface area contributed by atoms with Crippen LogP contribution in [0.15, 0.2) is 36.4 Å². The van der Waals surface area contributed by atoms with Gasteiger partial charge in [-0.2, -0.15) is 0 Å². The van der Waals surface area contributed by atoms with Gasteiger partial charge in [0.05, 0.1) is 6.04 Å². The summed E-state index contributed by atoms with van der Waals surface area (Å²) in [6.45, 7) is 4.76. The van der Waals surface area contributed by atoms with Gasteiger partial charge in [0.1, 0.15) is 23.2 Å². The molecule has 3 amide bonds. The highest BCUT2D eigenvalue weighted by molar-refractivity contribution is 5.98. The van der Waals surface area contributed by atoms with Gasteiger partial charge in [-0.3, -0.25) is 14.4 Å². The molecule has 11 heteroatoms. The lowest BCUT2D eigenvalue weighted by Crippen LogP contribution is -2.59. The molecule has 9 nitrogen and oxygen atoms in total. The van der Waals surface area contributed by atoms with E-state index in [9.17, 15) is 33.1 Å². The Labute approximate surface area is 206 Å². The Morgan fingerprint density at radius 1 is 1.08 bits per heavy atom. The average molecular weight is 503 g/mol. The molecule has 0 unspecified atom stereocenters. The molecule has 1 heterocycles. The van der Waals surface area contributed by atoms with Crippen LogP contribution in [-0.4, -0.2) is 52.8 Å². The molecule has 0 fully saturated rings. The van der Waals surface area contributed by atoms with Gasteiger partial charge in [0.25, 0.3) is 5.91 Å². The van der Waals surface area contributed by atoms with Crippen molar-refractivity contribution in [3.8, 4) is 0 Å². The van der Waals surface area contributed by atoms with Gasteiger partial charge in [-0.25, -0.2) is 13.6 Å². The van der Waals surface area contributed by atoms with Gasteiger partial charge in [0.2, 0.25) is 11.8 Å². The molecule has 0 bridgehead atoms. The van der Waals surface area contributed by atoms with Crippen LogP contribution in [-0.2, 0) is 26.5 Å². The fraction of sp³-hybridized carbons (Fsp3) is 0.360. The predicted octanol–water partition coefficient (Wildman–Crippen LogP) is 1.48. The van der Waals surface area contributed by atoms with Crippen molar-refractivity contribution in [2.24, 2.45) is 11.7 Å². The number of halogens is 2. The molecule has 0 saturated heterocycles. The standard InChI is InChI=1S/C25H28F2N4O5/c1-12(2)20(30-22(33)13(3)29-4)23(34)31-11-14-7-5-6-8-16(14)25(31,24(35)36)15-9-17(26)19(21(28)32)18(27)10-15/h5-10,12-13,20,29H,11H2,1-4H3,(H2,28,32)(H,30,33)(H,35,36)/t13-,20-,25+/m0/s1. The summed E-state index contributed by atoms with van der Waals surface area (Å²) in [7, 11) is 1.57. The van der Waals surface area contributed by atoms with Gasteiger partial charge in [0.15, 0.2) is 5.54 Å². The molecule has 0 aliphatic carbocycles. The van der Waals surface area contributed by atoms with Crippen molar-refractivity contribution in [3.05, 3.63) is 70.3 Å². The number of aliphatic carboxylic acids is 1. The number of nitrogens with one attached hydrogen (secondary N) is 2. The van der Waals surface area contributed by atoms with Gasteiger partial charge in [0, 0.05) is 6.54 Å². The number of benzene rings is 2. The van der Waals surface area contributed by atoms with Gasteiger partial charge in [-0.1, -0.05) is 38.1 Å². The molecule has 192 valence electrons. The van der Waals surface area contributed by atoms with Crippen molar-refractivity contribution in [1.29, 1.82) is 0 Å². The molecular formula is C25H28F2N4O5. The maximum atomic E-state index is 14.8. The predicted molar refractivity (Wildman–Crippen MR) is 126 cm³/mol. The third kappa shape index (κ3) is 4.30. The first-order chi connectivity index (χ1) is 16.9. The highest BCUT2D eigenvalue weighted by atomic mass is 19.1. The number of carbonyl (C=O) groups is 4. The first kappa shape index (κ1) is 26.7. The second-order valence-electron chi connectivity index (χ2n) is 9.02. The van der Waals surface area contributed by atoms with Crippen molar-refractivity contribution in [1.82, 2.24) is 15.5 Å². The zero-order chi connectivity index (χ0) is 26.9. The minimum Gasteiger partial charge on any atom is -0.479 e. The molecule has 0 radical (unpaired) electrons. The second-order valence-corrected chi connectivity index (χ2v) is 9.02. The Hall–Kier alpha value is -3.86. The van der Waals surface area contributed by atoms with Crippen molar-refractivity contribution < 1.29 is 33.1 Å². The molecule has 2 aromatic rings. The quantitative estimate of drug-likeness (QED) is 0.431. The molecule has 36 heavy (non-hydrogen) atoms. The summed E-state index contributed by atoms with van der Waals surface area (Å²) in [6, 6.07) is 5.89. The van der Waals surface area contributed by atoms with E-state index in [-0.39, 0.29) is 12.1 Å². The van der Waals surface area contributed by atoms with E-state index in [1.54, 1.807) is 46.0 Å². The van der Waals surface area contributed by atoms with Gasteiger partial charge < -0.3 is 26.4 Å². The van der Waals surface area contributed by atoms with Crippen LogP contribution >= 0.6 is 0 Å². The molecule has 1 aliphatic rings. The van der Waals surface area contributed by atoms with E-state index in [0.29, 0.717) is 17.7 Å². The third-order valence-corrected chi connectivity index (χ3v) is 6.48. The average Bonchev–Trinajstić information content (AvgIpc) is 3.16.